The minimum absolute atomic E-state index is 0.261. The highest BCUT2D eigenvalue weighted by molar-refractivity contribution is 9.10. The molecular weight excluding hydrogens is 311 g/mol. The Hall–Kier alpha value is -1.39. The Balaban J connectivity index is 1.92. The Kier molecular flexibility index (Phi) is 4.93. The third kappa shape index (κ3) is 4.04. The van der Waals surface area contributed by atoms with Gasteiger partial charge in [-0.05, 0) is 35.4 Å². The van der Waals surface area contributed by atoms with Crippen LogP contribution in [0.2, 0.25) is 0 Å². The highest BCUT2D eigenvalue weighted by Gasteiger charge is 2.02. The van der Waals surface area contributed by atoms with Gasteiger partial charge in [-0.2, -0.15) is 0 Å². The molecule has 2 aromatic carbocycles. The molecule has 2 nitrogen and oxygen atoms in total. The average molecular weight is 325 g/mol. The molecule has 0 fully saturated rings. The van der Waals surface area contributed by atoms with Gasteiger partial charge in [0.25, 0.3) is 0 Å². The minimum Gasteiger partial charge on any atom is -0.497 e. The predicted octanol–water partition coefficient (Wildman–Crippen LogP) is 4.31. The summed E-state index contributed by atoms with van der Waals surface area (Å²) in [4.78, 5) is 0. The highest BCUT2D eigenvalue weighted by Crippen LogP contribution is 2.20. The molecule has 0 heterocycles. The van der Waals surface area contributed by atoms with E-state index in [4.69, 9.17) is 9.47 Å². The van der Waals surface area contributed by atoms with Crippen molar-refractivity contribution in [3.8, 4) is 5.75 Å². The Morgan fingerprint density at radius 2 is 1.95 bits per heavy atom. The third-order valence-electron chi connectivity index (χ3n) is 2.68. The highest BCUT2D eigenvalue weighted by atomic mass is 79.9. The SMILES string of the molecule is COc1cccc(COCc2ccc(F)cc2Br)c1. The molecular formula is C15H14BrFO2. The van der Waals surface area contributed by atoms with E-state index < -0.39 is 0 Å². The molecule has 2 rings (SSSR count). The molecule has 0 atom stereocenters. The second kappa shape index (κ2) is 6.68. The van der Waals surface area contributed by atoms with Crippen molar-refractivity contribution in [2.75, 3.05) is 7.11 Å². The van der Waals surface area contributed by atoms with E-state index in [1.54, 1.807) is 13.2 Å². The van der Waals surface area contributed by atoms with Crippen molar-refractivity contribution in [2.45, 2.75) is 13.2 Å². The molecule has 19 heavy (non-hydrogen) atoms. The average Bonchev–Trinajstić information content (AvgIpc) is 2.41. The van der Waals surface area contributed by atoms with Crippen LogP contribution in [0.1, 0.15) is 11.1 Å². The van der Waals surface area contributed by atoms with Crippen LogP contribution < -0.4 is 4.74 Å². The first-order chi connectivity index (χ1) is 9.19. The molecule has 0 bridgehead atoms. The first-order valence-electron chi connectivity index (χ1n) is 5.83. The third-order valence-corrected chi connectivity index (χ3v) is 3.41. The van der Waals surface area contributed by atoms with E-state index in [-0.39, 0.29) is 5.82 Å². The summed E-state index contributed by atoms with van der Waals surface area (Å²) < 4.78 is 24.4. The molecule has 100 valence electrons. The second-order valence-electron chi connectivity index (χ2n) is 4.08. The predicted molar refractivity (Wildman–Crippen MR) is 75.6 cm³/mol. The van der Waals surface area contributed by atoms with Crippen LogP contribution in [0.3, 0.4) is 0 Å². The van der Waals surface area contributed by atoms with Gasteiger partial charge in [0.1, 0.15) is 11.6 Å². The molecule has 0 aromatic heterocycles. The molecule has 0 unspecified atom stereocenters. The number of halogens is 2. The summed E-state index contributed by atoms with van der Waals surface area (Å²) in [5, 5.41) is 0. The largest absolute Gasteiger partial charge is 0.497 e. The Morgan fingerprint density at radius 3 is 2.68 bits per heavy atom. The number of rotatable bonds is 5. The molecule has 0 amide bonds. The number of hydrogen-bond donors (Lipinski definition) is 0. The first kappa shape index (κ1) is 14.0. The summed E-state index contributed by atoms with van der Waals surface area (Å²) in [6.07, 6.45) is 0. The molecule has 2 aromatic rings. The summed E-state index contributed by atoms with van der Waals surface area (Å²) in [5.41, 5.74) is 1.96. The van der Waals surface area contributed by atoms with Crippen LogP contribution in [0.5, 0.6) is 5.75 Å². The Bertz CT molecular complexity index is 558. The zero-order valence-electron chi connectivity index (χ0n) is 10.5. The molecule has 0 spiro atoms. The first-order valence-corrected chi connectivity index (χ1v) is 6.63. The van der Waals surface area contributed by atoms with Gasteiger partial charge in [0.2, 0.25) is 0 Å². The van der Waals surface area contributed by atoms with Gasteiger partial charge >= 0.3 is 0 Å². The van der Waals surface area contributed by atoms with Gasteiger partial charge in [0.15, 0.2) is 0 Å². The molecule has 0 saturated carbocycles. The number of methoxy groups -OCH3 is 1. The van der Waals surface area contributed by atoms with Gasteiger partial charge in [-0.1, -0.05) is 34.1 Å². The van der Waals surface area contributed by atoms with Gasteiger partial charge < -0.3 is 9.47 Å². The van der Waals surface area contributed by atoms with Crippen LogP contribution in [-0.4, -0.2) is 7.11 Å². The van der Waals surface area contributed by atoms with Crippen molar-refractivity contribution in [1.29, 1.82) is 0 Å². The van der Waals surface area contributed by atoms with Gasteiger partial charge in [-0.15, -0.1) is 0 Å². The molecule has 0 aliphatic heterocycles. The molecule has 0 saturated heterocycles. The van der Waals surface area contributed by atoms with Crippen molar-refractivity contribution in [1.82, 2.24) is 0 Å². The van der Waals surface area contributed by atoms with Crippen molar-refractivity contribution >= 4 is 15.9 Å². The van der Waals surface area contributed by atoms with E-state index in [9.17, 15) is 4.39 Å². The lowest BCUT2D eigenvalue weighted by Gasteiger charge is -2.08. The van der Waals surface area contributed by atoms with Crippen molar-refractivity contribution < 1.29 is 13.9 Å². The molecule has 0 radical (unpaired) electrons. The van der Waals surface area contributed by atoms with E-state index in [0.717, 1.165) is 21.3 Å². The van der Waals surface area contributed by atoms with Gasteiger partial charge in [0, 0.05) is 4.47 Å². The van der Waals surface area contributed by atoms with Crippen LogP contribution in [0.25, 0.3) is 0 Å². The fraction of sp³-hybridized carbons (Fsp3) is 0.200. The maximum Gasteiger partial charge on any atom is 0.124 e. The van der Waals surface area contributed by atoms with Gasteiger partial charge in [-0.3, -0.25) is 0 Å². The van der Waals surface area contributed by atoms with Crippen LogP contribution in [0.4, 0.5) is 4.39 Å². The molecule has 0 aliphatic carbocycles. The quantitative estimate of drug-likeness (QED) is 0.815. The van der Waals surface area contributed by atoms with E-state index in [0.29, 0.717) is 13.2 Å². The second-order valence-corrected chi connectivity index (χ2v) is 4.93. The van der Waals surface area contributed by atoms with Gasteiger partial charge in [-0.25, -0.2) is 4.39 Å². The number of ether oxygens (including phenoxy) is 2. The molecule has 4 heteroatoms. The smallest absolute Gasteiger partial charge is 0.124 e. The van der Waals surface area contributed by atoms with Crippen molar-refractivity contribution in [3.05, 3.63) is 63.9 Å². The Morgan fingerprint density at radius 1 is 1.11 bits per heavy atom. The maximum absolute atomic E-state index is 12.9. The topological polar surface area (TPSA) is 18.5 Å². The minimum atomic E-state index is -0.261. The summed E-state index contributed by atoms with van der Waals surface area (Å²) in [5.74, 6) is 0.549. The van der Waals surface area contributed by atoms with E-state index in [1.165, 1.54) is 12.1 Å². The molecule has 0 aliphatic rings. The fourth-order valence-electron chi connectivity index (χ4n) is 1.68. The fourth-order valence-corrected chi connectivity index (χ4v) is 2.15. The number of hydrogen-bond acceptors (Lipinski definition) is 2. The summed E-state index contributed by atoms with van der Waals surface area (Å²) in [6.45, 7) is 0.916. The lowest BCUT2D eigenvalue weighted by Crippen LogP contribution is -1.96. The van der Waals surface area contributed by atoms with Gasteiger partial charge in [0.05, 0.1) is 20.3 Å². The number of benzene rings is 2. The lowest BCUT2D eigenvalue weighted by atomic mass is 10.2. The maximum atomic E-state index is 12.9. The summed E-state index contributed by atoms with van der Waals surface area (Å²) >= 11 is 3.32. The molecule has 0 N–H and O–H groups in total. The van der Waals surface area contributed by atoms with Crippen LogP contribution in [-0.2, 0) is 18.0 Å². The van der Waals surface area contributed by atoms with Crippen molar-refractivity contribution in [2.24, 2.45) is 0 Å². The summed E-state index contributed by atoms with van der Waals surface area (Å²) in [7, 11) is 1.63. The normalized spacial score (nSPS) is 10.5. The summed E-state index contributed by atoms with van der Waals surface area (Å²) in [6, 6.07) is 12.3. The zero-order valence-corrected chi connectivity index (χ0v) is 12.1. The van der Waals surface area contributed by atoms with Crippen LogP contribution >= 0.6 is 15.9 Å². The standard InChI is InChI=1S/C15H14BrFO2/c1-18-14-4-2-3-11(7-14)9-19-10-12-5-6-13(17)8-15(12)16/h2-8H,9-10H2,1H3. The van der Waals surface area contributed by atoms with E-state index >= 15 is 0 Å². The lowest BCUT2D eigenvalue weighted by molar-refractivity contribution is 0.106. The monoisotopic (exact) mass is 324 g/mol. The van der Waals surface area contributed by atoms with Crippen LogP contribution in [0.15, 0.2) is 46.9 Å². The Labute approximate surface area is 120 Å². The van der Waals surface area contributed by atoms with Crippen LogP contribution in [0, 0.1) is 5.82 Å². The van der Waals surface area contributed by atoms with E-state index in [1.807, 2.05) is 24.3 Å². The zero-order chi connectivity index (χ0) is 13.7. The van der Waals surface area contributed by atoms with Crippen molar-refractivity contribution in [3.63, 3.8) is 0 Å². The van der Waals surface area contributed by atoms with E-state index in [2.05, 4.69) is 15.9 Å².